The summed E-state index contributed by atoms with van der Waals surface area (Å²) in [5.41, 5.74) is 1.29. The molecule has 0 aromatic heterocycles. The Morgan fingerprint density at radius 3 is 2.37 bits per heavy atom. The second kappa shape index (κ2) is 6.92. The van der Waals surface area contributed by atoms with E-state index < -0.39 is 0 Å². The maximum absolute atomic E-state index is 5.75. The van der Waals surface area contributed by atoms with Gasteiger partial charge in [-0.1, -0.05) is 19.1 Å². The van der Waals surface area contributed by atoms with E-state index >= 15 is 0 Å². The third kappa shape index (κ3) is 3.71. The molecular formula is C16H25NO2. The topological polar surface area (TPSA) is 30.5 Å². The molecule has 0 amide bonds. The molecule has 1 aromatic carbocycles. The van der Waals surface area contributed by atoms with Crippen LogP contribution in [0.5, 0.6) is 5.75 Å². The van der Waals surface area contributed by atoms with Crippen LogP contribution in [-0.2, 0) is 4.74 Å². The van der Waals surface area contributed by atoms with Crippen LogP contribution in [0.4, 0.5) is 0 Å². The van der Waals surface area contributed by atoms with E-state index in [4.69, 9.17) is 9.47 Å². The molecule has 1 aliphatic rings. The number of benzene rings is 1. The molecule has 0 radical (unpaired) electrons. The predicted molar refractivity (Wildman–Crippen MR) is 77.5 cm³/mol. The Kier molecular flexibility index (Phi) is 5.23. The van der Waals surface area contributed by atoms with Crippen molar-refractivity contribution in [3.8, 4) is 5.75 Å². The summed E-state index contributed by atoms with van der Waals surface area (Å²) >= 11 is 0. The van der Waals surface area contributed by atoms with Crippen LogP contribution in [0.25, 0.3) is 0 Å². The lowest BCUT2D eigenvalue weighted by molar-refractivity contribution is 0.0507. The van der Waals surface area contributed by atoms with Gasteiger partial charge in [-0.25, -0.2) is 0 Å². The van der Waals surface area contributed by atoms with E-state index in [0.29, 0.717) is 5.92 Å². The van der Waals surface area contributed by atoms with Crippen LogP contribution < -0.4 is 10.1 Å². The van der Waals surface area contributed by atoms with Crippen LogP contribution in [-0.4, -0.2) is 26.9 Å². The fourth-order valence-electron chi connectivity index (χ4n) is 2.56. The Bertz CT molecular complexity index is 373. The van der Waals surface area contributed by atoms with Crippen molar-refractivity contribution >= 4 is 0 Å². The molecule has 0 aliphatic heterocycles. The van der Waals surface area contributed by atoms with Crippen molar-refractivity contribution in [1.29, 1.82) is 0 Å². The van der Waals surface area contributed by atoms with Crippen molar-refractivity contribution in [3.05, 3.63) is 29.8 Å². The lowest BCUT2D eigenvalue weighted by Crippen LogP contribution is -2.35. The first-order chi connectivity index (χ1) is 9.30. The zero-order chi connectivity index (χ0) is 13.7. The second-order valence-electron chi connectivity index (χ2n) is 5.24. The van der Waals surface area contributed by atoms with E-state index in [1.165, 1.54) is 18.4 Å². The zero-order valence-corrected chi connectivity index (χ0v) is 12.2. The normalized spacial score (nSPS) is 18.1. The van der Waals surface area contributed by atoms with Gasteiger partial charge in [0.2, 0.25) is 0 Å². The molecule has 3 nitrogen and oxygen atoms in total. The lowest BCUT2D eigenvalue weighted by Gasteiger charge is -2.27. The largest absolute Gasteiger partial charge is 0.497 e. The Morgan fingerprint density at radius 1 is 1.21 bits per heavy atom. The highest BCUT2D eigenvalue weighted by molar-refractivity contribution is 5.30. The van der Waals surface area contributed by atoms with Gasteiger partial charge in [-0.2, -0.15) is 0 Å². The zero-order valence-electron chi connectivity index (χ0n) is 12.2. The quantitative estimate of drug-likeness (QED) is 0.781. The van der Waals surface area contributed by atoms with Crippen molar-refractivity contribution in [2.45, 2.75) is 38.3 Å². The third-order valence-corrected chi connectivity index (χ3v) is 3.78. The molecule has 0 heterocycles. The summed E-state index contributed by atoms with van der Waals surface area (Å²) in [6.07, 6.45) is 3.99. The smallest absolute Gasteiger partial charge is 0.118 e. The van der Waals surface area contributed by atoms with Crippen LogP contribution in [0.15, 0.2) is 24.3 Å². The molecule has 2 atom stereocenters. The Hall–Kier alpha value is -1.06. The van der Waals surface area contributed by atoms with Gasteiger partial charge in [0.15, 0.2) is 0 Å². The molecule has 0 bridgehead atoms. The van der Waals surface area contributed by atoms with E-state index in [-0.39, 0.29) is 12.1 Å². The van der Waals surface area contributed by atoms with Gasteiger partial charge < -0.3 is 14.8 Å². The summed E-state index contributed by atoms with van der Waals surface area (Å²) in [6, 6.07) is 8.61. The second-order valence-corrected chi connectivity index (χ2v) is 5.24. The summed E-state index contributed by atoms with van der Waals surface area (Å²) in [4.78, 5) is 0. The summed E-state index contributed by atoms with van der Waals surface area (Å²) < 4.78 is 11.0. The standard InChI is InChI=1S/C16H25NO2/c1-4-11-17-15(16(19-3)13-5-6-13)12-7-9-14(18-2)10-8-12/h7-10,13,15-17H,4-6,11H2,1-3H3. The van der Waals surface area contributed by atoms with E-state index in [0.717, 1.165) is 18.7 Å². The molecule has 106 valence electrons. The first-order valence-corrected chi connectivity index (χ1v) is 7.20. The van der Waals surface area contributed by atoms with Gasteiger partial charge in [0.25, 0.3) is 0 Å². The summed E-state index contributed by atoms with van der Waals surface area (Å²) in [5.74, 6) is 1.61. The summed E-state index contributed by atoms with van der Waals surface area (Å²) in [6.45, 7) is 3.21. The van der Waals surface area contributed by atoms with Gasteiger partial charge in [0, 0.05) is 7.11 Å². The molecule has 2 unspecified atom stereocenters. The van der Waals surface area contributed by atoms with Gasteiger partial charge in [-0.15, -0.1) is 0 Å². The van der Waals surface area contributed by atoms with E-state index in [1.54, 1.807) is 7.11 Å². The van der Waals surface area contributed by atoms with Crippen molar-refractivity contribution in [3.63, 3.8) is 0 Å². The number of rotatable bonds is 8. The van der Waals surface area contributed by atoms with Crippen LogP contribution >= 0.6 is 0 Å². The van der Waals surface area contributed by atoms with Gasteiger partial charge in [0.1, 0.15) is 5.75 Å². The molecule has 2 rings (SSSR count). The van der Waals surface area contributed by atoms with E-state index in [9.17, 15) is 0 Å². The van der Waals surface area contributed by atoms with Crippen molar-refractivity contribution in [2.24, 2.45) is 5.92 Å². The predicted octanol–water partition coefficient (Wildman–Crippen LogP) is 3.16. The molecule has 0 saturated heterocycles. The van der Waals surface area contributed by atoms with Gasteiger partial charge in [-0.3, -0.25) is 0 Å². The Labute approximate surface area is 116 Å². The SMILES string of the molecule is CCCNC(c1ccc(OC)cc1)C(OC)C1CC1. The molecule has 1 fully saturated rings. The van der Waals surface area contributed by atoms with Gasteiger partial charge in [-0.05, 0) is 49.4 Å². The highest BCUT2D eigenvalue weighted by Gasteiger charge is 2.37. The van der Waals surface area contributed by atoms with Crippen LogP contribution in [0.2, 0.25) is 0 Å². The first kappa shape index (κ1) is 14.4. The van der Waals surface area contributed by atoms with Crippen LogP contribution in [0.1, 0.15) is 37.8 Å². The fourth-order valence-corrected chi connectivity index (χ4v) is 2.56. The minimum atomic E-state index is 0.278. The third-order valence-electron chi connectivity index (χ3n) is 3.78. The van der Waals surface area contributed by atoms with Crippen molar-refractivity contribution in [2.75, 3.05) is 20.8 Å². The average molecular weight is 263 g/mol. The molecule has 1 saturated carbocycles. The first-order valence-electron chi connectivity index (χ1n) is 7.20. The average Bonchev–Trinajstić information content (AvgIpc) is 3.28. The van der Waals surface area contributed by atoms with Gasteiger partial charge >= 0.3 is 0 Å². The van der Waals surface area contributed by atoms with E-state index in [1.807, 2.05) is 19.2 Å². The minimum Gasteiger partial charge on any atom is -0.497 e. The van der Waals surface area contributed by atoms with Gasteiger partial charge in [0.05, 0.1) is 19.3 Å². The number of hydrogen-bond donors (Lipinski definition) is 1. The number of hydrogen-bond acceptors (Lipinski definition) is 3. The monoisotopic (exact) mass is 263 g/mol. The molecular weight excluding hydrogens is 238 g/mol. The molecule has 1 aliphatic carbocycles. The number of ether oxygens (including phenoxy) is 2. The molecule has 1 N–H and O–H groups in total. The van der Waals surface area contributed by atoms with Crippen LogP contribution in [0.3, 0.4) is 0 Å². The highest BCUT2D eigenvalue weighted by atomic mass is 16.5. The number of nitrogens with one attached hydrogen (secondary N) is 1. The minimum absolute atomic E-state index is 0.278. The number of methoxy groups -OCH3 is 2. The highest BCUT2D eigenvalue weighted by Crippen LogP contribution is 2.40. The molecule has 0 spiro atoms. The van der Waals surface area contributed by atoms with Crippen molar-refractivity contribution in [1.82, 2.24) is 5.32 Å². The Morgan fingerprint density at radius 2 is 1.89 bits per heavy atom. The van der Waals surface area contributed by atoms with E-state index in [2.05, 4.69) is 24.4 Å². The summed E-state index contributed by atoms with van der Waals surface area (Å²) in [5, 5.41) is 3.63. The van der Waals surface area contributed by atoms with Crippen molar-refractivity contribution < 1.29 is 9.47 Å². The maximum atomic E-state index is 5.75. The molecule has 3 heteroatoms. The Balaban J connectivity index is 2.14. The molecule has 19 heavy (non-hydrogen) atoms. The lowest BCUT2D eigenvalue weighted by atomic mass is 9.97. The molecule has 1 aromatic rings. The summed E-state index contributed by atoms with van der Waals surface area (Å²) in [7, 11) is 3.52. The maximum Gasteiger partial charge on any atom is 0.118 e. The fraction of sp³-hybridized carbons (Fsp3) is 0.625. The van der Waals surface area contributed by atoms with Crippen LogP contribution in [0, 0.1) is 5.92 Å².